The van der Waals surface area contributed by atoms with Gasteiger partial charge in [0.25, 0.3) is 15.6 Å². The highest BCUT2D eigenvalue weighted by Gasteiger charge is 2.25. The number of nitrogens with one attached hydrogen (secondary N) is 1. The van der Waals surface area contributed by atoms with Crippen molar-refractivity contribution >= 4 is 38.5 Å². The molecular weight excluding hydrogens is 408 g/mol. The summed E-state index contributed by atoms with van der Waals surface area (Å²) in [5, 5.41) is 9.05. The lowest BCUT2D eigenvalue weighted by Gasteiger charge is -2.12. The van der Waals surface area contributed by atoms with Crippen LogP contribution in [0.3, 0.4) is 0 Å². The Morgan fingerprint density at radius 1 is 1.14 bits per heavy atom. The summed E-state index contributed by atoms with van der Waals surface area (Å²) in [5.41, 5.74) is -1.65. The summed E-state index contributed by atoms with van der Waals surface area (Å²) < 4.78 is 26.4. The number of carboxylic acid groups (broad SMARTS) is 1. The van der Waals surface area contributed by atoms with Gasteiger partial charge in [0, 0.05) is 11.4 Å². The number of carboxylic acids is 1. The first-order chi connectivity index (χ1) is 13.2. The van der Waals surface area contributed by atoms with Gasteiger partial charge in [-0.05, 0) is 42.7 Å². The maximum absolute atomic E-state index is 13.1. The number of carbonyl (C=O) groups is 1. The Labute approximate surface area is 164 Å². The molecule has 0 saturated carbocycles. The van der Waals surface area contributed by atoms with Crippen LogP contribution < -0.4 is 11.2 Å². The summed E-state index contributed by atoms with van der Waals surface area (Å²) in [6.45, 7) is 0. The van der Waals surface area contributed by atoms with E-state index < -0.39 is 27.2 Å². The molecule has 0 radical (unpaired) electrons. The highest BCUT2D eigenvalue weighted by molar-refractivity contribution is 7.90. The first-order valence-corrected chi connectivity index (χ1v) is 10.0. The van der Waals surface area contributed by atoms with Gasteiger partial charge in [-0.3, -0.25) is 9.59 Å². The molecule has 0 bridgehead atoms. The Balaban J connectivity index is 2.17. The van der Waals surface area contributed by atoms with E-state index in [1.165, 1.54) is 36.4 Å². The van der Waals surface area contributed by atoms with Gasteiger partial charge in [-0.1, -0.05) is 29.8 Å². The SMILES string of the molecule is O=C(O)CCCc1ccccc1S(=O)(=O)n1c(=O)[nH]c2cc(Cl)ccc2c1=O. The molecule has 28 heavy (non-hydrogen) atoms. The third-order valence-electron chi connectivity index (χ3n) is 4.15. The summed E-state index contributed by atoms with van der Waals surface area (Å²) in [5.74, 6) is -0.999. The van der Waals surface area contributed by atoms with Crippen molar-refractivity contribution < 1.29 is 18.3 Å². The molecule has 0 aliphatic heterocycles. The number of aromatic amines is 1. The predicted molar refractivity (Wildman–Crippen MR) is 103 cm³/mol. The minimum Gasteiger partial charge on any atom is -0.481 e. The van der Waals surface area contributed by atoms with Crippen molar-refractivity contribution in [3.8, 4) is 0 Å². The average Bonchev–Trinajstić information content (AvgIpc) is 2.61. The molecule has 0 aliphatic rings. The van der Waals surface area contributed by atoms with E-state index in [1.807, 2.05) is 0 Å². The standard InChI is InChI=1S/C18H15ClN2O6S/c19-12-8-9-13-14(10-12)20-18(25)21(17(13)24)28(26,27)15-6-2-1-4-11(15)5-3-7-16(22)23/h1-2,4,6,8-10H,3,5,7H2,(H,20,25)(H,22,23). The normalized spacial score (nSPS) is 11.6. The number of fused-ring (bicyclic) bond motifs is 1. The van der Waals surface area contributed by atoms with Crippen molar-refractivity contribution in [2.45, 2.75) is 24.2 Å². The molecule has 1 aromatic heterocycles. The molecule has 10 heteroatoms. The Morgan fingerprint density at radius 2 is 1.86 bits per heavy atom. The van der Waals surface area contributed by atoms with Gasteiger partial charge < -0.3 is 10.1 Å². The lowest BCUT2D eigenvalue weighted by atomic mass is 10.1. The third kappa shape index (κ3) is 3.71. The summed E-state index contributed by atoms with van der Waals surface area (Å²) in [7, 11) is -4.50. The third-order valence-corrected chi connectivity index (χ3v) is 6.15. The van der Waals surface area contributed by atoms with Crippen LogP contribution in [0.15, 0.2) is 56.9 Å². The van der Waals surface area contributed by atoms with E-state index in [-0.39, 0.29) is 44.1 Å². The molecule has 0 amide bonds. The van der Waals surface area contributed by atoms with Crippen LogP contribution >= 0.6 is 11.6 Å². The van der Waals surface area contributed by atoms with E-state index in [4.69, 9.17) is 16.7 Å². The number of halogens is 1. The molecule has 0 aliphatic carbocycles. The number of hydrogen-bond acceptors (Lipinski definition) is 5. The maximum Gasteiger partial charge on any atom is 0.343 e. The molecule has 146 valence electrons. The number of benzene rings is 2. The lowest BCUT2D eigenvalue weighted by Crippen LogP contribution is -2.40. The van der Waals surface area contributed by atoms with E-state index in [1.54, 1.807) is 6.07 Å². The first-order valence-electron chi connectivity index (χ1n) is 8.21. The van der Waals surface area contributed by atoms with Crippen LogP contribution in [0.2, 0.25) is 5.02 Å². The number of rotatable bonds is 6. The van der Waals surface area contributed by atoms with Crippen LogP contribution in [0, 0.1) is 0 Å². The van der Waals surface area contributed by atoms with Crippen LogP contribution in [-0.2, 0) is 21.2 Å². The smallest absolute Gasteiger partial charge is 0.343 e. The summed E-state index contributed by atoms with van der Waals surface area (Å²) in [4.78, 5) is 38.0. The van der Waals surface area contributed by atoms with Crippen LogP contribution in [0.4, 0.5) is 0 Å². The van der Waals surface area contributed by atoms with Gasteiger partial charge in [-0.25, -0.2) is 13.2 Å². The molecule has 3 rings (SSSR count). The number of aryl methyl sites for hydroxylation is 1. The molecule has 0 fully saturated rings. The molecule has 2 N–H and O–H groups in total. The zero-order chi connectivity index (χ0) is 20.5. The molecule has 0 unspecified atom stereocenters. The fraction of sp³-hybridized carbons (Fsp3) is 0.167. The van der Waals surface area contributed by atoms with Crippen LogP contribution in [0.1, 0.15) is 18.4 Å². The largest absolute Gasteiger partial charge is 0.481 e. The monoisotopic (exact) mass is 422 g/mol. The molecular formula is C18H15ClN2O6S. The fourth-order valence-corrected chi connectivity index (χ4v) is 4.58. The average molecular weight is 423 g/mol. The van der Waals surface area contributed by atoms with Gasteiger partial charge >= 0.3 is 11.7 Å². The lowest BCUT2D eigenvalue weighted by molar-refractivity contribution is -0.137. The molecule has 3 aromatic rings. The van der Waals surface area contributed by atoms with Gasteiger partial charge in [0.1, 0.15) is 0 Å². The molecule has 0 atom stereocenters. The second-order valence-corrected chi connectivity index (χ2v) is 8.24. The van der Waals surface area contributed by atoms with E-state index in [0.717, 1.165) is 0 Å². The molecule has 2 aromatic carbocycles. The maximum atomic E-state index is 13.1. The van der Waals surface area contributed by atoms with E-state index in [2.05, 4.69) is 4.98 Å². The van der Waals surface area contributed by atoms with Crippen LogP contribution in [0.25, 0.3) is 10.9 Å². The van der Waals surface area contributed by atoms with Gasteiger partial charge in [-0.2, -0.15) is 0 Å². The second-order valence-electron chi connectivity index (χ2n) is 6.05. The van der Waals surface area contributed by atoms with Crippen molar-refractivity contribution in [2.75, 3.05) is 0 Å². The quantitative estimate of drug-likeness (QED) is 0.625. The van der Waals surface area contributed by atoms with Crippen molar-refractivity contribution in [1.82, 2.24) is 8.96 Å². The van der Waals surface area contributed by atoms with Crippen molar-refractivity contribution in [1.29, 1.82) is 0 Å². The Bertz CT molecular complexity index is 1290. The highest BCUT2D eigenvalue weighted by Crippen LogP contribution is 2.20. The van der Waals surface area contributed by atoms with E-state index in [0.29, 0.717) is 5.56 Å². The minimum atomic E-state index is -4.50. The number of H-pyrrole nitrogens is 1. The van der Waals surface area contributed by atoms with Gasteiger partial charge in [0.15, 0.2) is 0 Å². The minimum absolute atomic E-state index is 0.00377. The summed E-state index contributed by atoms with van der Waals surface area (Å²) in [6.07, 6.45) is 0.243. The van der Waals surface area contributed by atoms with Gasteiger partial charge in [0.05, 0.1) is 15.8 Å². The van der Waals surface area contributed by atoms with Crippen molar-refractivity contribution in [2.24, 2.45) is 0 Å². The second kappa shape index (κ2) is 7.61. The number of aromatic nitrogens is 2. The van der Waals surface area contributed by atoms with Gasteiger partial charge in [0.2, 0.25) is 0 Å². The zero-order valence-corrected chi connectivity index (χ0v) is 16.0. The number of aliphatic carboxylic acids is 1. The van der Waals surface area contributed by atoms with Crippen molar-refractivity contribution in [3.63, 3.8) is 0 Å². The Kier molecular flexibility index (Phi) is 5.39. The number of nitrogens with zero attached hydrogens (tertiary/aromatic N) is 1. The van der Waals surface area contributed by atoms with Crippen molar-refractivity contribution in [3.05, 3.63) is 73.9 Å². The predicted octanol–water partition coefficient (Wildman–Crippen LogP) is 1.99. The van der Waals surface area contributed by atoms with Crippen LogP contribution in [0.5, 0.6) is 0 Å². The highest BCUT2D eigenvalue weighted by atomic mass is 35.5. The molecule has 0 spiro atoms. The summed E-state index contributed by atoms with van der Waals surface area (Å²) in [6, 6.07) is 9.98. The number of hydrogen-bond donors (Lipinski definition) is 2. The molecule has 8 nitrogen and oxygen atoms in total. The Hall–Kier alpha value is -2.91. The molecule has 0 saturated heterocycles. The first kappa shape index (κ1) is 19.8. The topological polar surface area (TPSA) is 126 Å². The molecule has 1 heterocycles. The van der Waals surface area contributed by atoms with Gasteiger partial charge in [-0.15, -0.1) is 3.97 Å². The zero-order valence-electron chi connectivity index (χ0n) is 14.4. The van der Waals surface area contributed by atoms with E-state index in [9.17, 15) is 22.8 Å². The van der Waals surface area contributed by atoms with E-state index >= 15 is 0 Å². The fourth-order valence-electron chi connectivity index (χ4n) is 2.88. The summed E-state index contributed by atoms with van der Waals surface area (Å²) >= 11 is 5.85. The van der Waals surface area contributed by atoms with Crippen LogP contribution in [-0.4, -0.2) is 28.5 Å². The Morgan fingerprint density at radius 3 is 2.57 bits per heavy atom.